The SMILES string of the molecule is CC[C@@]1(COc2nc(N(C)CC3CN(C(=O)/C=C/c4cc(C)nc(C)n4)C3)c3cnc(-c4cccc5ccc(F)c(F)c45)c(F)c3n2)C[C@@H](F)CN1C. The molecule has 0 aliphatic carbocycles. The number of fused-ring (bicyclic) bond motifs is 2. The topological polar surface area (TPSA) is 100 Å². The number of aromatic nitrogens is 5. The molecule has 276 valence electrons. The number of carbonyl (C=O) groups is 1. The van der Waals surface area contributed by atoms with Crippen LogP contribution in [0.5, 0.6) is 6.01 Å². The van der Waals surface area contributed by atoms with Crippen molar-refractivity contribution in [2.24, 2.45) is 5.92 Å². The van der Waals surface area contributed by atoms with Crippen LogP contribution < -0.4 is 9.64 Å². The summed E-state index contributed by atoms with van der Waals surface area (Å²) >= 11 is 0. The molecule has 7 rings (SSSR count). The van der Waals surface area contributed by atoms with Gasteiger partial charge in [0.2, 0.25) is 5.91 Å². The number of ether oxygens (including phenoxy) is 1. The standard InChI is InChI=1S/C39H40F4N8O2/c1-6-39(15-26(40)20-50(39)5)21-53-38-47-36-29(16-44-35(34(36)43)28-9-7-8-25-10-12-30(41)33(42)32(25)28)37(48-38)49(4)17-24-18-51(19-24)31(52)13-11-27-14-22(2)45-23(3)46-27/h7-14,16,24,26H,6,15,17-21H2,1-5H3/b13-11+/t26-,39+/m1/s1. The Morgan fingerprint density at radius 2 is 1.85 bits per heavy atom. The van der Waals surface area contributed by atoms with Crippen molar-refractivity contribution in [3.05, 3.63) is 83.3 Å². The van der Waals surface area contributed by atoms with Crippen LogP contribution in [0.2, 0.25) is 0 Å². The Bertz CT molecular complexity index is 2230. The molecule has 0 bridgehead atoms. The summed E-state index contributed by atoms with van der Waals surface area (Å²) in [7, 11) is 3.65. The molecule has 5 aromatic rings. The second-order valence-electron chi connectivity index (χ2n) is 14.1. The fraction of sp³-hybridized carbons (Fsp3) is 0.385. The van der Waals surface area contributed by atoms with Crippen LogP contribution in [0.1, 0.15) is 37.0 Å². The quantitative estimate of drug-likeness (QED) is 0.118. The van der Waals surface area contributed by atoms with Crippen molar-refractivity contribution in [2.45, 2.75) is 45.3 Å². The summed E-state index contributed by atoms with van der Waals surface area (Å²) in [5.41, 5.74) is 0.618. The Morgan fingerprint density at radius 3 is 2.57 bits per heavy atom. The number of carbonyl (C=O) groups excluding carboxylic acids is 1. The average Bonchev–Trinajstić information content (AvgIpc) is 3.40. The summed E-state index contributed by atoms with van der Waals surface area (Å²) in [4.78, 5) is 40.6. The van der Waals surface area contributed by atoms with Crippen LogP contribution in [0, 0.1) is 37.2 Å². The zero-order valence-electron chi connectivity index (χ0n) is 30.2. The Kier molecular flexibility index (Phi) is 9.75. The maximum Gasteiger partial charge on any atom is 0.319 e. The van der Waals surface area contributed by atoms with Crippen LogP contribution in [-0.4, -0.2) is 99.2 Å². The number of nitrogens with zero attached hydrogens (tertiary/aromatic N) is 8. The van der Waals surface area contributed by atoms with E-state index in [0.29, 0.717) is 48.8 Å². The van der Waals surface area contributed by atoms with Crippen LogP contribution in [0.15, 0.2) is 48.7 Å². The predicted octanol–water partition coefficient (Wildman–Crippen LogP) is 6.48. The number of likely N-dealkylation sites (tertiary alicyclic amines) is 2. The number of halogens is 4. The number of amides is 1. The number of anilines is 1. The first-order valence-electron chi connectivity index (χ1n) is 17.6. The molecule has 2 aliphatic heterocycles. The third-order valence-corrected chi connectivity index (χ3v) is 10.4. The Balaban J connectivity index is 1.18. The lowest BCUT2D eigenvalue weighted by atomic mass is 9.94. The molecule has 2 fully saturated rings. The molecule has 53 heavy (non-hydrogen) atoms. The van der Waals surface area contributed by atoms with Gasteiger partial charge in [0.05, 0.1) is 16.6 Å². The third kappa shape index (κ3) is 6.99. The number of hydrogen-bond acceptors (Lipinski definition) is 9. The van der Waals surface area contributed by atoms with E-state index in [9.17, 15) is 13.6 Å². The smallest absolute Gasteiger partial charge is 0.319 e. The molecule has 1 amide bonds. The molecule has 0 N–H and O–H groups in total. The van der Waals surface area contributed by atoms with Crippen molar-refractivity contribution in [1.29, 1.82) is 0 Å². The molecule has 0 radical (unpaired) electrons. The maximum absolute atomic E-state index is 16.7. The van der Waals surface area contributed by atoms with Crippen molar-refractivity contribution < 1.29 is 27.1 Å². The van der Waals surface area contributed by atoms with Crippen molar-refractivity contribution in [1.82, 2.24) is 34.7 Å². The Hall–Kier alpha value is -5.24. The Morgan fingerprint density at radius 1 is 1.06 bits per heavy atom. The highest BCUT2D eigenvalue weighted by Crippen LogP contribution is 2.37. The van der Waals surface area contributed by atoms with Crippen molar-refractivity contribution in [2.75, 3.05) is 51.8 Å². The van der Waals surface area contributed by atoms with Crippen LogP contribution >= 0.6 is 0 Å². The summed E-state index contributed by atoms with van der Waals surface area (Å²) in [6.07, 6.45) is 4.47. The molecule has 10 nitrogen and oxygen atoms in total. The van der Waals surface area contributed by atoms with E-state index in [4.69, 9.17) is 9.72 Å². The highest BCUT2D eigenvalue weighted by molar-refractivity contribution is 5.99. The van der Waals surface area contributed by atoms with Gasteiger partial charge in [0.1, 0.15) is 35.6 Å². The first-order chi connectivity index (χ1) is 25.4. The van der Waals surface area contributed by atoms with Gasteiger partial charge in [0.25, 0.3) is 0 Å². The molecule has 0 saturated carbocycles. The summed E-state index contributed by atoms with van der Waals surface area (Å²) < 4.78 is 66.9. The number of benzene rings is 2. The molecule has 3 aromatic heterocycles. The highest BCUT2D eigenvalue weighted by Gasteiger charge is 2.43. The van der Waals surface area contributed by atoms with Gasteiger partial charge in [-0.2, -0.15) is 9.97 Å². The molecular weight excluding hydrogens is 688 g/mol. The Labute approximate surface area is 304 Å². The largest absolute Gasteiger partial charge is 0.461 e. The zero-order chi connectivity index (χ0) is 37.6. The first kappa shape index (κ1) is 36.1. The van der Waals surface area contributed by atoms with E-state index in [2.05, 4.69) is 19.9 Å². The monoisotopic (exact) mass is 728 g/mol. The van der Waals surface area contributed by atoms with Crippen LogP contribution in [0.3, 0.4) is 0 Å². The lowest BCUT2D eigenvalue weighted by Crippen LogP contribution is -2.53. The van der Waals surface area contributed by atoms with Crippen LogP contribution in [-0.2, 0) is 4.79 Å². The maximum atomic E-state index is 16.7. The fourth-order valence-corrected chi connectivity index (χ4v) is 7.51. The molecule has 2 saturated heterocycles. The first-order valence-corrected chi connectivity index (χ1v) is 17.6. The zero-order valence-corrected chi connectivity index (χ0v) is 30.2. The van der Waals surface area contributed by atoms with E-state index in [1.807, 2.05) is 30.7 Å². The average molecular weight is 729 g/mol. The molecule has 14 heteroatoms. The van der Waals surface area contributed by atoms with Gasteiger partial charge in [-0.25, -0.2) is 27.5 Å². The van der Waals surface area contributed by atoms with Gasteiger partial charge in [-0.15, -0.1) is 0 Å². The second-order valence-corrected chi connectivity index (χ2v) is 14.1. The van der Waals surface area contributed by atoms with E-state index in [-0.39, 0.29) is 65.0 Å². The van der Waals surface area contributed by atoms with Gasteiger partial charge in [0, 0.05) is 74.5 Å². The minimum absolute atomic E-state index is 0.0691. The van der Waals surface area contributed by atoms with E-state index >= 15 is 8.78 Å². The van der Waals surface area contributed by atoms with E-state index in [1.165, 1.54) is 24.4 Å². The third-order valence-electron chi connectivity index (χ3n) is 10.4. The number of hydrogen-bond donors (Lipinski definition) is 0. The number of aryl methyl sites for hydroxylation is 2. The summed E-state index contributed by atoms with van der Waals surface area (Å²) in [5, 5.41) is 0.567. The number of pyridine rings is 1. The van der Waals surface area contributed by atoms with E-state index in [1.54, 1.807) is 43.1 Å². The van der Waals surface area contributed by atoms with Gasteiger partial charge in [-0.3, -0.25) is 14.7 Å². The predicted molar refractivity (Wildman–Crippen MR) is 195 cm³/mol. The normalized spacial score (nSPS) is 19.4. The van der Waals surface area contributed by atoms with Crippen molar-refractivity contribution >= 4 is 39.5 Å². The molecule has 5 heterocycles. The molecular formula is C39H40F4N8O2. The second kappa shape index (κ2) is 14.3. The van der Waals surface area contributed by atoms with Crippen molar-refractivity contribution in [3.63, 3.8) is 0 Å². The molecule has 2 atom stereocenters. The van der Waals surface area contributed by atoms with Crippen LogP contribution in [0.25, 0.3) is 39.0 Å². The summed E-state index contributed by atoms with van der Waals surface area (Å²) in [6.45, 7) is 7.43. The van der Waals surface area contributed by atoms with Gasteiger partial charge < -0.3 is 14.5 Å². The minimum atomic E-state index is -1.11. The lowest BCUT2D eigenvalue weighted by molar-refractivity contribution is -0.131. The number of alkyl halides is 1. The van der Waals surface area contributed by atoms with Crippen molar-refractivity contribution in [3.8, 4) is 17.3 Å². The summed E-state index contributed by atoms with van der Waals surface area (Å²) in [6, 6.07) is 8.86. The van der Waals surface area contributed by atoms with Gasteiger partial charge in [0.15, 0.2) is 17.5 Å². The van der Waals surface area contributed by atoms with E-state index < -0.39 is 29.2 Å². The molecule has 2 aromatic carbocycles. The van der Waals surface area contributed by atoms with Gasteiger partial charge >= 0.3 is 6.01 Å². The lowest BCUT2D eigenvalue weighted by Gasteiger charge is -2.40. The molecule has 2 aliphatic rings. The molecule has 0 spiro atoms. The van der Waals surface area contributed by atoms with Crippen LogP contribution in [0.4, 0.5) is 23.4 Å². The highest BCUT2D eigenvalue weighted by atomic mass is 19.2. The number of rotatable bonds is 10. The number of likely N-dealkylation sites (N-methyl/N-ethyl adjacent to an activating group) is 1. The summed E-state index contributed by atoms with van der Waals surface area (Å²) in [5.74, 6) is -2.11. The molecule has 0 unspecified atom stereocenters. The van der Waals surface area contributed by atoms with Gasteiger partial charge in [-0.1, -0.05) is 31.2 Å². The van der Waals surface area contributed by atoms with E-state index in [0.717, 1.165) is 11.8 Å². The van der Waals surface area contributed by atoms with Gasteiger partial charge in [-0.05, 0) is 50.9 Å². The minimum Gasteiger partial charge on any atom is -0.461 e. The fourth-order valence-electron chi connectivity index (χ4n) is 7.51.